The third-order valence-corrected chi connectivity index (χ3v) is 4.09. The van der Waals surface area contributed by atoms with Crippen molar-refractivity contribution < 1.29 is 4.74 Å². The zero-order chi connectivity index (χ0) is 16.3. The summed E-state index contributed by atoms with van der Waals surface area (Å²) < 4.78 is 5.86. The largest absolute Gasteiger partial charge is 0.494 e. The number of aryl methyl sites for hydroxylation is 1. The fourth-order valence-electron chi connectivity index (χ4n) is 2.60. The topological polar surface area (TPSA) is 21.3 Å². The molecule has 124 valence electrons. The van der Waals surface area contributed by atoms with E-state index in [4.69, 9.17) is 4.74 Å². The first-order valence-corrected chi connectivity index (χ1v) is 8.81. The fraction of sp³-hybridized carbons (Fsp3) is 0.429. The molecule has 0 bridgehead atoms. The van der Waals surface area contributed by atoms with E-state index < -0.39 is 0 Å². The molecule has 0 fully saturated rings. The molecule has 0 aromatic heterocycles. The van der Waals surface area contributed by atoms with E-state index in [0.717, 1.165) is 31.0 Å². The van der Waals surface area contributed by atoms with Gasteiger partial charge in [0.2, 0.25) is 0 Å². The van der Waals surface area contributed by atoms with Crippen molar-refractivity contribution in [3.05, 3.63) is 59.7 Å². The minimum atomic E-state index is 0.810. The molecule has 1 N–H and O–H groups in total. The molecular weight excluding hydrogens is 282 g/mol. The van der Waals surface area contributed by atoms with Gasteiger partial charge < -0.3 is 10.1 Å². The standard InChI is InChI=1S/C21H29NO/c1-3-4-5-6-9-15-23-21-14-10-13-20(16-21)22-17-19-12-8-7-11-18(19)2/h7-8,10-14,16,22H,3-6,9,15,17H2,1-2H3. The van der Waals surface area contributed by atoms with Gasteiger partial charge in [-0.25, -0.2) is 0 Å². The SMILES string of the molecule is CCCCCCCOc1cccc(NCc2ccccc2C)c1. The Morgan fingerprint density at radius 3 is 2.57 bits per heavy atom. The zero-order valence-electron chi connectivity index (χ0n) is 14.5. The van der Waals surface area contributed by atoms with Crippen LogP contribution in [0, 0.1) is 6.92 Å². The fourth-order valence-corrected chi connectivity index (χ4v) is 2.60. The van der Waals surface area contributed by atoms with Crippen LogP contribution in [0.15, 0.2) is 48.5 Å². The molecule has 23 heavy (non-hydrogen) atoms. The molecule has 0 saturated carbocycles. The van der Waals surface area contributed by atoms with E-state index in [1.807, 2.05) is 12.1 Å². The first-order chi connectivity index (χ1) is 11.3. The van der Waals surface area contributed by atoms with Gasteiger partial charge in [0.05, 0.1) is 6.61 Å². The Morgan fingerprint density at radius 1 is 0.913 bits per heavy atom. The lowest BCUT2D eigenvalue weighted by Gasteiger charge is -2.11. The molecule has 2 aromatic rings. The van der Waals surface area contributed by atoms with Crippen molar-refractivity contribution in [3.63, 3.8) is 0 Å². The average molecular weight is 311 g/mol. The average Bonchev–Trinajstić information content (AvgIpc) is 2.58. The maximum Gasteiger partial charge on any atom is 0.121 e. The number of ether oxygens (including phenoxy) is 1. The third-order valence-electron chi connectivity index (χ3n) is 4.09. The van der Waals surface area contributed by atoms with Crippen molar-refractivity contribution in [3.8, 4) is 5.75 Å². The summed E-state index contributed by atoms with van der Waals surface area (Å²) in [5, 5.41) is 3.48. The number of nitrogens with one attached hydrogen (secondary N) is 1. The quantitative estimate of drug-likeness (QED) is 0.547. The van der Waals surface area contributed by atoms with Gasteiger partial charge in [-0.3, -0.25) is 0 Å². The lowest BCUT2D eigenvalue weighted by atomic mass is 10.1. The van der Waals surface area contributed by atoms with E-state index in [1.54, 1.807) is 0 Å². The Morgan fingerprint density at radius 2 is 1.74 bits per heavy atom. The third kappa shape index (κ3) is 6.35. The minimum absolute atomic E-state index is 0.810. The first kappa shape index (κ1) is 17.4. The van der Waals surface area contributed by atoms with Crippen LogP contribution in [0.25, 0.3) is 0 Å². The van der Waals surface area contributed by atoms with Gasteiger partial charge in [0.1, 0.15) is 5.75 Å². The highest BCUT2D eigenvalue weighted by molar-refractivity contribution is 5.48. The zero-order valence-corrected chi connectivity index (χ0v) is 14.5. The number of anilines is 1. The molecule has 0 unspecified atom stereocenters. The van der Waals surface area contributed by atoms with E-state index in [-0.39, 0.29) is 0 Å². The highest BCUT2D eigenvalue weighted by atomic mass is 16.5. The van der Waals surface area contributed by atoms with Crippen LogP contribution in [-0.2, 0) is 6.54 Å². The molecule has 2 heteroatoms. The molecule has 0 atom stereocenters. The minimum Gasteiger partial charge on any atom is -0.494 e. The number of rotatable bonds is 10. The summed E-state index contributed by atoms with van der Waals surface area (Å²) in [7, 11) is 0. The van der Waals surface area contributed by atoms with Crippen LogP contribution >= 0.6 is 0 Å². The Kier molecular flexibility index (Phi) is 7.51. The van der Waals surface area contributed by atoms with Gasteiger partial charge in [0, 0.05) is 18.3 Å². The van der Waals surface area contributed by atoms with Gasteiger partial charge in [-0.1, -0.05) is 62.9 Å². The number of hydrogen-bond acceptors (Lipinski definition) is 2. The molecule has 2 rings (SSSR count). The van der Waals surface area contributed by atoms with Gasteiger partial charge >= 0.3 is 0 Å². The van der Waals surface area contributed by atoms with Crippen molar-refractivity contribution in [2.45, 2.75) is 52.5 Å². The second-order valence-corrected chi connectivity index (χ2v) is 6.07. The number of hydrogen-bond donors (Lipinski definition) is 1. The Hall–Kier alpha value is -1.96. The van der Waals surface area contributed by atoms with E-state index in [2.05, 4.69) is 55.6 Å². The van der Waals surface area contributed by atoms with E-state index in [1.165, 1.54) is 36.8 Å². The van der Waals surface area contributed by atoms with Gasteiger partial charge in [-0.2, -0.15) is 0 Å². The summed E-state index contributed by atoms with van der Waals surface area (Å²) in [5.74, 6) is 0.954. The lowest BCUT2D eigenvalue weighted by Crippen LogP contribution is -2.02. The second kappa shape index (κ2) is 9.94. The molecule has 0 spiro atoms. The summed E-state index contributed by atoms with van der Waals surface area (Å²) in [6.45, 7) is 6.04. The molecule has 0 aliphatic heterocycles. The van der Waals surface area contributed by atoms with Crippen LogP contribution in [-0.4, -0.2) is 6.61 Å². The molecule has 0 heterocycles. The van der Waals surface area contributed by atoms with Gasteiger partial charge in [-0.15, -0.1) is 0 Å². The first-order valence-electron chi connectivity index (χ1n) is 8.81. The van der Waals surface area contributed by atoms with E-state index in [9.17, 15) is 0 Å². The molecule has 0 aliphatic carbocycles. The van der Waals surface area contributed by atoms with Gasteiger partial charge in [-0.05, 0) is 36.6 Å². The van der Waals surface area contributed by atoms with Crippen LogP contribution in [0.4, 0.5) is 5.69 Å². The Labute approximate surface area is 140 Å². The van der Waals surface area contributed by atoms with Crippen molar-refractivity contribution in [2.75, 3.05) is 11.9 Å². The molecular formula is C21H29NO. The molecule has 2 aromatic carbocycles. The predicted molar refractivity (Wildman–Crippen MR) is 99.2 cm³/mol. The number of benzene rings is 2. The van der Waals surface area contributed by atoms with Crippen LogP contribution in [0.2, 0.25) is 0 Å². The molecule has 0 aliphatic rings. The normalized spacial score (nSPS) is 10.5. The molecule has 2 nitrogen and oxygen atoms in total. The van der Waals surface area contributed by atoms with Gasteiger partial charge in [0.25, 0.3) is 0 Å². The van der Waals surface area contributed by atoms with Crippen molar-refractivity contribution in [1.29, 1.82) is 0 Å². The van der Waals surface area contributed by atoms with Gasteiger partial charge in [0.15, 0.2) is 0 Å². The molecule has 0 saturated heterocycles. The maximum atomic E-state index is 5.86. The summed E-state index contributed by atoms with van der Waals surface area (Å²) in [6, 6.07) is 16.7. The smallest absolute Gasteiger partial charge is 0.121 e. The van der Waals surface area contributed by atoms with Crippen LogP contribution in [0.5, 0.6) is 5.75 Å². The highest BCUT2D eigenvalue weighted by Crippen LogP contribution is 2.19. The highest BCUT2D eigenvalue weighted by Gasteiger charge is 2.00. The second-order valence-electron chi connectivity index (χ2n) is 6.07. The summed E-state index contributed by atoms with van der Waals surface area (Å²) in [5.41, 5.74) is 3.76. The Bertz CT molecular complexity index is 580. The van der Waals surface area contributed by atoms with E-state index in [0.29, 0.717) is 0 Å². The summed E-state index contributed by atoms with van der Waals surface area (Å²) >= 11 is 0. The van der Waals surface area contributed by atoms with Crippen molar-refractivity contribution >= 4 is 5.69 Å². The summed E-state index contributed by atoms with van der Waals surface area (Å²) in [6.07, 6.45) is 6.34. The van der Waals surface area contributed by atoms with Crippen LogP contribution in [0.1, 0.15) is 50.2 Å². The lowest BCUT2D eigenvalue weighted by molar-refractivity contribution is 0.304. The number of unbranched alkanes of at least 4 members (excludes halogenated alkanes) is 4. The summed E-state index contributed by atoms with van der Waals surface area (Å²) in [4.78, 5) is 0. The maximum absolute atomic E-state index is 5.86. The monoisotopic (exact) mass is 311 g/mol. The van der Waals surface area contributed by atoms with Crippen molar-refractivity contribution in [2.24, 2.45) is 0 Å². The predicted octanol–water partition coefficient (Wildman–Crippen LogP) is 5.96. The van der Waals surface area contributed by atoms with Crippen LogP contribution < -0.4 is 10.1 Å². The van der Waals surface area contributed by atoms with Crippen molar-refractivity contribution in [1.82, 2.24) is 0 Å². The van der Waals surface area contributed by atoms with E-state index >= 15 is 0 Å². The molecule has 0 radical (unpaired) electrons. The Balaban J connectivity index is 1.77. The van der Waals surface area contributed by atoms with Crippen LogP contribution in [0.3, 0.4) is 0 Å². The molecule has 0 amide bonds.